The summed E-state index contributed by atoms with van der Waals surface area (Å²) in [4.78, 5) is 4.03. The lowest BCUT2D eigenvalue weighted by atomic mass is 10.2. The topological polar surface area (TPSA) is 57.4 Å². The Morgan fingerprint density at radius 3 is 2.93 bits per heavy atom. The summed E-state index contributed by atoms with van der Waals surface area (Å²) in [5.41, 5.74) is 6.80. The van der Waals surface area contributed by atoms with Crippen LogP contribution in [0.1, 0.15) is 12.5 Å². The quantitative estimate of drug-likeness (QED) is 0.767. The van der Waals surface area contributed by atoms with Crippen LogP contribution in [0.25, 0.3) is 0 Å². The predicted octanol–water partition coefficient (Wildman–Crippen LogP) is 1.38. The standard InChI is InChI=1S/C9H12N2O2S/c1-3-13-8-7(9(14)12-2)6(10)4-5-11-8/h4-5H,3H2,1-2H3,(H2,10,11). The molecule has 0 saturated heterocycles. The molecule has 4 nitrogen and oxygen atoms in total. The van der Waals surface area contributed by atoms with Crippen molar-refractivity contribution in [3.05, 3.63) is 17.8 Å². The smallest absolute Gasteiger partial charge is 0.227 e. The number of thiocarbonyl (C=S) groups is 1. The van der Waals surface area contributed by atoms with Gasteiger partial charge >= 0.3 is 0 Å². The van der Waals surface area contributed by atoms with Crippen LogP contribution in [0.5, 0.6) is 5.88 Å². The summed E-state index contributed by atoms with van der Waals surface area (Å²) in [5.74, 6) is 0.416. The van der Waals surface area contributed by atoms with E-state index in [0.717, 1.165) is 0 Å². The normalized spacial score (nSPS) is 9.57. The Morgan fingerprint density at radius 2 is 2.36 bits per heavy atom. The molecule has 0 aliphatic carbocycles. The number of aromatic nitrogens is 1. The van der Waals surface area contributed by atoms with E-state index < -0.39 is 0 Å². The Bertz CT molecular complexity index is 342. The zero-order valence-electron chi connectivity index (χ0n) is 8.11. The molecule has 0 atom stereocenters. The monoisotopic (exact) mass is 212 g/mol. The molecule has 0 bridgehead atoms. The van der Waals surface area contributed by atoms with E-state index in [1.165, 1.54) is 7.11 Å². The maximum absolute atomic E-state index is 5.74. The summed E-state index contributed by atoms with van der Waals surface area (Å²) in [6.07, 6.45) is 1.57. The van der Waals surface area contributed by atoms with Crippen LogP contribution < -0.4 is 10.5 Å². The van der Waals surface area contributed by atoms with E-state index in [4.69, 9.17) is 27.4 Å². The van der Waals surface area contributed by atoms with Gasteiger partial charge in [0.05, 0.1) is 19.4 Å². The van der Waals surface area contributed by atoms with Crippen LogP contribution in [0.15, 0.2) is 12.3 Å². The molecule has 0 aromatic carbocycles. The number of anilines is 1. The molecule has 0 radical (unpaired) electrons. The van der Waals surface area contributed by atoms with Crippen molar-refractivity contribution in [2.45, 2.75) is 6.92 Å². The van der Waals surface area contributed by atoms with Gasteiger partial charge in [-0.2, -0.15) is 0 Å². The molecule has 0 aliphatic heterocycles. The molecule has 14 heavy (non-hydrogen) atoms. The van der Waals surface area contributed by atoms with Crippen molar-refractivity contribution in [2.75, 3.05) is 19.5 Å². The summed E-state index contributed by atoms with van der Waals surface area (Å²) >= 11 is 4.99. The van der Waals surface area contributed by atoms with Crippen LogP contribution in [0, 0.1) is 0 Å². The Hall–Kier alpha value is -1.36. The summed E-state index contributed by atoms with van der Waals surface area (Å²) in [6, 6.07) is 1.66. The number of rotatable bonds is 3. The van der Waals surface area contributed by atoms with Crippen LogP contribution in [-0.2, 0) is 4.74 Å². The van der Waals surface area contributed by atoms with Crippen molar-refractivity contribution in [3.63, 3.8) is 0 Å². The minimum atomic E-state index is 0.291. The summed E-state index contributed by atoms with van der Waals surface area (Å²) < 4.78 is 10.2. The molecule has 0 fully saturated rings. The van der Waals surface area contributed by atoms with E-state index in [9.17, 15) is 0 Å². The van der Waals surface area contributed by atoms with Crippen LogP contribution in [0.3, 0.4) is 0 Å². The van der Waals surface area contributed by atoms with Crippen LogP contribution in [0.2, 0.25) is 0 Å². The van der Waals surface area contributed by atoms with Crippen LogP contribution in [-0.4, -0.2) is 23.8 Å². The number of pyridine rings is 1. The number of nitrogens with two attached hydrogens (primary N) is 1. The fourth-order valence-corrected chi connectivity index (χ4v) is 1.22. The molecule has 0 spiro atoms. The first kappa shape index (κ1) is 10.7. The molecule has 0 saturated carbocycles. The van der Waals surface area contributed by atoms with Crippen molar-refractivity contribution in [1.29, 1.82) is 0 Å². The third-order valence-electron chi connectivity index (χ3n) is 1.62. The highest BCUT2D eigenvalue weighted by Crippen LogP contribution is 2.22. The third kappa shape index (κ3) is 2.11. The number of nitrogens with zero attached hydrogens (tertiary/aromatic N) is 1. The number of hydrogen-bond donors (Lipinski definition) is 1. The first-order valence-corrected chi connectivity index (χ1v) is 4.57. The number of ether oxygens (including phenoxy) is 2. The van der Waals surface area contributed by atoms with E-state index >= 15 is 0 Å². The van der Waals surface area contributed by atoms with Gasteiger partial charge in [-0.15, -0.1) is 0 Å². The third-order valence-corrected chi connectivity index (χ3v) is 1.99. The minimum Gasteiger partial charge on any atom is -0.486 e. The summed E-state index contributed by atoms with van der Waals surface area (Å²) in [5, 5.41) is 0.291. The summed E-state index contributed by atoms with van der Waals surface area (Å²) in [7, 11) is 1.49. The predicted molar refractivity (Wildman–Crippen MR) is 58.5 cm³/mol. The second kappa shape index (κ2) is 4.76. The SMILES string of the molecule is CCOc1nccc(N)c1C(=S)OC. The molecule has 0 unspecified atom stereocenters. The Labute approximate surface area is 88.0 Å². The van der Waals surface area contributed by atoms with E-state index in [2.05, 4.69) is 4.98 Å². The first-order chi connectivity index (χ1) is 6.70. The summed E-state index contributed by atoms with van der Waals surface area (Å²) in [6.45, 7) is 2.38. The van der Waals surface area contributed by atoms with Crippen molar-refractivity contribution >= 4 is 23.0 Å². The minimum absolute atomic E-state index is 0.291. The molecule has 0 amide bonds. The van der Waals surface area contributed by atoms with Gasteiger partial charge in [0.15, 0.2) is 5.05 Å². The highest BCUT2D eigenvalue weighted by molar-refractivity contribution is 7.80. The van der Waals surface area contributed by atoms with E-state index in [-0.39, 0.29) is 0 Å². The molecule has 2 N–H and O–H groups in total. The zero-order chi connectivity index (χ0) is 10.6. The fraction of sp³-hybridized carbons (Fsp3) is 0.333. The van der Waals surface area contributed by atoms with Crippen LogP contribution >= 0.6 is 12.2 Å². The van der Waals surface area contributed by atoms with Crippen molar-refractivity contribution < 1.29 is 9.47 Å². The van der Waals surface area contributed by atoms with E-state index in [1.807, 2.05) is 6.92 Å². The van der Waals surface area contributed by atoms with Gasteiger partial charge in [-0.3, -0.25) is 0 Å². The van der Waals surface area contributed by atoms with E-state index in [1.54, 1.807) is 12.3 Å². The first-order valence-electron chi connectivity index (χ1n) is 4.16. The molecule has 1 aromatic heterocycles. The average Bonchev–Trinajstić information content (AvgIpc) is 2.18. The van der Waals surface area contributed by atoms with Gasteiger partial charge in [0.2, 0.25) is 5.88 Å². The van der Waals surface area contributed by atoms with Gasteiger partial charge in [0, 0.05) is 6.20 Å². The second-order valence-electron chi connectivity index (χ2n) is 2.50. The molecule has 1 heterocycles. The molecule has 5 heteroatoms. The highest BCUT2D eigenvalue weighted by Gasteiger charge is 2.14. The lowest BCUT2D eigenvalue weighted by Crippen LogP contribution is -2.09. The Morgan fingerprint density at radius 1 is 1.64 bits per heavy atom. The molecule has 76 valence electrons. The molecular formula is C9H12N2O2S. The van der Waals surface area contributed by atoms with Gasteiger partial charge in [0.1, 0.15) is 5.56 Å². The Balaban J connectivity index is 3.15. The lowest BCUT2D eigenvalue weighted by molar-refractivity contribution is 0.324. The average molecular weight is 212 g/mol. The number of nitrogen functional groups attached to an aromatic ring is 1. The van der Waals surface area contributed by atoms with Gasteiger partial charge in [-0.25, -0.2) is 4.98 Å². The van der Waals surface area contributed by atoms with Crippen molar-refractivity contribution in [3.8, 4) is 5.88 Å². The molecule has 0 aliphatic rings. The van der Waals surface area contributed by atoms with Gasteiger partial charge in [-0.1, -0.05) is 0 Å². The largest absolute Gasteiger partial charge is 0.486 e. The maximum Gasteiger partial charge on any atom is 0.227 e. The van der Waals surface area contributed by atoms with Crippen molar-refractivity contribution in [2.24, 2.45) is 0 Å². The van der Waals surface area contributed by atoms with Crippen molar-refractivity contribution in [1.82, 2.24) is 4.98 Å². The molecule has 1 rings (SSSR count). The maximum atomic E-state index is 5.74. The van der Waals surface area contributed by atoms with Gasteiger partial charge in [0.25, 0.3) is 0 Å². The van der Waals surface area contributed by atoms with Gasteiger partial charge < -0.3 is 15.2 Å². The highest BCUT2D eigenvalue weighted by atomic mass is 32.1. The molecular weight excluding hydrogens is 200 g/mol. The number of hydrogen-bond acceptors (Lipinski definition) is 5. The van der Waals surface area contributed by atoms with Gasteiger partial charge in [-0.05, 0) is 25.2 Å². The second-order valence-corrected chi connectivity index (χ2v) is 2.88. The lowest BCUT2D eigenvalue weighted by Gasteiger charge is -2.10. The fourth-order valence-electron chi connectivity index (χ4n) is 1.01. The van der Waals surface area contributed by atoms with E-state index in [0.29, 0.717) is 28.8 Å². The zero-order valence-corrected chi connectivity index (χ0v) is 8.93. The molecule has 1 aromatic rings. The Kier molecular flexibility index (Phi) is 3.64. The van der Waals surface area contributed by atoms with Crippen LogP contribution in [0.4, 0.5) is 5.69 Å². The number of methoxy groups -OCH3 is 1.